The van der Waals surface area contributed by atoms with Gasteiger partial charge in [-0.3, -0.25) is 9.59 Å². The van der Waals surface area contributed by atoms with Gasteiger partial charge in [-0.25, -0.2) is 0 Å². The predicted molar refractivity (Wildman–Crippen MR) is 103 cm³/mol. The summed E-state index contributed by atoms with van der Waals surface area (Å²) in [6.07, 6.45) is 3.21. The molecule has 1 saturated heterocycles. The van der Waals surface area contributed by atoms with Crippen molar-refractivity contribution in [3.8, 4) is 5.75 Å². The Morgan fingerprint density at radius 1 is 1.44 bits per heavy atom. The van der Waals surface area contributed by atoms with Gasteiger partial charge in [0.1, 0.15) is 11.8 Å². The molecule has 2 amide bonds. The van der Waals surface area contributed by atoms with Crippen LogP contribution in [0, 0.1) is 0 Å². The number of hydrogen-bond acceptors (Lipinski definition) is 5. The van der Waals surface area contributed by atoms with E-state index >= 15 is 0 Å². The summed E-state index contributed by atoms with van der Waals surface area (Å²) in [6.45, 7) is 1.17. The van der Waals surface area contributed by atoms with E-state index in [4.69, 9.17) is 10.5 Å². The molecule has 25 heavy (non-hydrogen) atoms. The fraction of sp³-hybridized carbons (Fsp3) is 0.529. The summed E-state index contributed by atoms with van der Waals surface area (Å²) in [4.78, 5) is 26.3. The molecule has 1 heterocycles. The number of nitrogens with two attached hydrogens (primary N) is 1. The third-order valence-electron chi connectivity index (χ3n) is 4.12. The van der Waals surface area contributed by atoms with E-state index in [0.717, 1.165) is 17.1 Å². The number of thioether (sulfide) groups is 1. The zero-order chi connectivity index (χ0) is 17.5. The summed E-state index contributed by atoms with van der Waals surface area (Å²) < 4.78 is 5.13. The number of rotatable bonds is 8. The summed E-state index contributed by atoms with van der Waals surface area (Å²) >= 11 is 1.65. The van der Waals surface area contributed by atoms with Crippen LogP contribution in [0.1, 0.15) is 18.4 Å². The van der Waals surface area contributed by atoms with Gasteiger partial charge in [0.25, 0.3) is 0 Å². The Hall–Kier alpha value is -1.44. The third-order valence-corrected chi connectivity index (χ3v) is 4.76. The fourth-order valence-corrected chi connectivity index (χ4v) is 3.13. The molecule has 0 saturated carbocycles. The molecule has 0 bridgehead atoms. The van der Waals surface area contributed by atoms with Gasteiger partial charge in [-0.2, -0.15) is 11.8 Å². The van der Waals surface area contributed by atoms with Crippen molar-refractivity contribution in [3.05, 3.63) is 29.8 Å². The monoisotopic (exact) mass is 387 g/mol. The van der Waals surface area contributed by atoms with E-state index in [0.29, 0.717) is 25.9 Å². The van der Waals surface area contributed by atoms with Crippen LogP contribution in [0.5, 0.6) is 5.75 Å². The number of ether oxygens (including phenoxy) is 1. The van der Waals surface area contributed by atoms with Gasteiger partial charge in [0, 0.05) is 13.1 Å². The van der Waals surface area contributed by atoms with Crippen LogP contribution in [-0.4, -0.2) is 54.5 Å². The highest BCUT2D eigenvalue weighted by atomic mass is 35.5. The van der Waals surface area contributed by atoms with Gasteiger partial charge in [-0.15, -0.1) is 12.4 Å². The lowest BCUT2D eigenvalue weighted by molar-refractivity contribution is -0.133. The molecule has 1 aromatic rings. The lowest BCUT2D eigenvalue weighted by Gasteiger charge is -2.18. The molecule has 0 aliphatic carbocycles. The Kier molecular flexibility index (Phi) is 9.10. The maximum Gasteiger partial charge on any atom is 0.245 e. The highest BCUT2D eigenvalue weighted by molar-refractivity contribution is 7.98. The zero-order valence-electron chi connectivity index (χ0n) is 14.6. The molecule has 0 radical (unpaired) electrons. The number of carbonyl (C=O) groups is 2. The molecule has 0 aromatic heterocycles. The Morgan fingerprint density at radius 2 is 2.12 bits per heavy atom. The van der Waals surface area contributed by atoms with E-state index in [2.05, 4.69) is 5.32 Å². The molecular formula is C17H26ClN3O3S. The Labute approximate surface area is 159 Å². The summed E-state index contributed by atoms with van der Waals surface area (Å²) in [7, 11) is 1.62. The number of nitrogens with zero attached hydrogens (tertiary/aromatic N) is 1. The minimum atomic E-state index is -0.555. The quantitative estimate of drug-likeness (QED) is 0.704. The summed E-state index contributed by atoms with van der Waals surface area (Å²) in [6, 6.07) is 6.61. The number of benzene rings is 1. The van der Waals surface area contributed by atoms with E-state index in [1.54, 1.807) is 23.8 Å². The molecule has 1 aromatic carbocycles. The molecule has 2 atom stereocenters. The van der Waals surface area contributed by atoms with Gasteiger partial charge in [0.05, 0.1) is 13.2 Å². The second-order valence-corrected chi connectivity index (χ2v) is 6.83. The molecule has 1 aliphatic rings. The molecule has 6 nitrogen and oxygen atoms in total. The minimum Gasteiger partial charge on any atom is -0.497 e. The summed E-state index contributed by atoms with van der Waals surface area (Å²) in [5, 5.41) is 2.79. The fourth-order valence-electron chi connectivity index (χ4n) is 2.64. The SMILES string of the molecule is COc1ccc(CN2CCC(NC(=O)[C@@H](N)CCSC)C2=O)cc1.Cl. The standard InChI is InChI=1S/C17H25N3O3S.ClH/c1-23-13-5-3-12(4-6-13)11-20-9-7-15(17(20)22)19-16(21)14(18)8-10-24-2;/h3-6,14-15H,7-11,18H2,1-2H3,(H,19,21);1H/t14-,15?;/m0./s1. The molecular weight excluding hydrogens is 362 g/mol. The molecule has 1 unspecified atom stereocenters. The lowest BCUT2D eigenvalue weighted by Crippen LogP contribution is -2.48. The third kappa shape index (κ3) is 6.09. The second-order valence-electron chi connectivity index (χ2n) is 5.85. The van der Waals surface area contributed by atoms with Crippen molar-refractivity contribution in [1.82, 2.24) is 10.2 Å². The van der Waals surface area contributed by atoms with Crippen molar-refractivity contribution < 1.29 is 14.3 Å². The van der Waals surface area contributed by atoms with Crippen molar-refractivity contribution in [3.63, 3.8) is 0 Å². The van der Waals surface area contributed by atoms with Crippen LogP contribution < -0.4 is 15.8 Å². The summed E-state index contributed by atoms with van der Waals surface area (Å²) in [5.74, 6) is 1.33. The summed E-state index contributed by atoms with van der Waals surface area (Å²) in [5.41, 5.74) is 6.89. The number of halogens is 1. The molecule has 140 valence electrons. The van der Waals surface area contributed by atoms with Crippen molar-refractivity contribution in [2.75, 3.05) is 25.7 Å². The Balaban J connectivity index is 0.00000312. The van der Waals surface area contributed by atoms with Gasteiger partial charge >= 0.3 is 0 Å². The van der Waals surface area contributed by atoms with Crippen LogP contribution in [0.4, 0.5) is 0 Å². The average molecular weight is 388 g/mol. The first-order valence-corrected chi connectivity index (χ1v) is 9.41. The zero-order valence-corrected chi connectivity index (χ0v) is 16.2. The number of nitrogens with one attached hydrogen (secondary N) is 1. The highest BCUT2D eigenvalue weighted by Gasteiger charge is 2.33. The topological polar surface area (TPSA) is 84.7 Å². The maximum absolute atomic E-state index is 12.4. The van der Waals surface area contributed by atoms with Gasteiger partial charge in [0.15, 0.2) is 0 Å². The Bertz CT molecular complexity index is 571. The van der Waals surface area contributed by atoms with Crippen molar-refractivity contribution >= 4 is 36.0 Å². The molecule has 3 N–H and O–H groups in total. The molecule has 1 fully saturated rings. The first-order chi connectivity index (χ1) is 11.5. The highest BCUT2D eigenvalue weighted by Crippen LogP contribution is 2.17. The van der Waals surface area contributed by atoms with Crippen LogP contribution >= 0.6 is 24.2 Å². The number of amides is 2. The van der Waals surface area contributed by atoms with E-state index < -0.39 is 12.1 Å². The van der Waals surface area contributed by atoms with Crippen LogP contribution in [0.15, 0.2) is 24.3 Å². The smallest absolute Gasteiger partial charge is 0.245 e. The van der Waals surface area contributed by atoms with Gasteiger partial charge in [-0.1, -0.05) is 12.1 Å². The van der Waals surface area contributed by atoms with E-state index in [1.165, 1.54) is 0 Å². The van der Waals surface area contributed by atoms with E-state index in [1.807, 2.05) is 30.5 Å². The van der Waals surface area contributed by atoms with Crippen molar-refractivity contribution in [2.24, 2.45) is 5.73 Å². The van der Waals surface area contributed by atoms with Crippen molar-refractivity contribution in [2.45, 2.75) is 31.5 Å². The average Bonchev–Trinajstić information content (AvgIpc) is 2.93. The minimum absolute atomic E-state index is 0. The molecule has 2 rings (SSSR count). The van der Waals surface area contributed by atoms with Crippen LogP contribution in [0.3, 0.4) is 0 Å². The van der Waals surface area contributed by atoms with Crippen LogP contribution in [0.25, 0.3) is 0 Å². The Morgan fingerprint density at radius 3 is 2.72 bits per heavy atom. The molecule has 1 aliphatic heterocycles. The van der Waals surface area contributed by atoms with Crippen LogP contribution in [0.2, 0.25) is 0 Å². The first-order valence-electron chi connectivity index (χ1n) is 8.01. The predicted octanol–water partition coefficient (Wildman–Crippen LogP) is 1.41. The second kappa shape index (κ2) is 10.5. The normalized spacial score (nSPS) is 17.8. The van der Waals surface area contributed by atoms with Gasteiger partial charge in [0.2, 0.25) is 11.8 Å². The number of likely N-dealkylation sites (tertiary alicyclic amines) is 1. The van der Waals surface area contributed by atoms with Crippen LogP contribution in [-0.2, 0) is 16.1 Å². The molecule has 8 heteroatoms. The van der Waals surface area contributed by atoms with Gasteiger partial charge < -0.3 is 20.7 Å². The largest absolute Gasteiger partial charge is 0.497 e. The van der Waals surface area contributed by atoms with E-state index in [9.17, 15) is 9.59 Å². The van der Waals surface area contributed by atoms with E-state index in [-0.39, 0.29) is 24.2 Å². The van der Waals surface area contributed by atoms with Gasteiger partial charge in [-0.05, 0) is 42.5 Å². The number of methoxy groups -OCH3 is 1. The number of hydrogen-bond donors (Lipinski definition) is 2. The molecule has 0 spiro atoms. The lowest BCUT2D eigenvalue weighted by atomic mass is 10.2. The van der Waals surface area contributed by atoms with Crippen molar-refractivity contribution in [1.29, 1.82) is 0 Å². The first kappa shape index (κ1) is 21.6. The number of carbonyl (C=O) groups excluding carboxylic acids is 2. The maximum atomic E-state index is 12.4.